The van der Waals surface area contributed by atoms with Crippen molar-refractivity contribution in [1.29, 1.82) is 0 Å². The largest absolute Gasteiger partial charge is 0.353 e. The number of nitrogens with one attached hydrogen (secondary N) is 2. The minimum Gasteiger partial charge on any atom is -0.353 e. The number of benzene rings is 1. The molecule has 1 heterocycles. The van der Waals surface area contributed by atoms with Gasteiger partial charge in [0.25, 0.3) is 5.91 Å². The number of carbonyl (C=O) groups is 3. The van der Waals surface area contributed by atoms with Crippen molar-refractivity contribution in [3.63, 3.8) is 0 Å². The summed E-state index contributed by atoms with van der Waals surface area (Å²) >= 11 is 0. The van der Waals surface area contributed by atoms with E-state index < -0.39 is 17.5 Å². The van der Waals surface area contributed by atoms with Crippen molar-refractivity contribution in [3.05, 3.63) is 35.4 Å². The Morgan fingerprint density at radius 1 is 1.13 bits per heavy atom. The molecule has 3 amide bonds. The summed E-state index contributed by atoms with van der Waals surface area (Å²) in [4.78, 5) is 40.0. The molecule has 9 heteroatoms. The Kier molecular flexibility index (Phi) is 9.16. The molecule has 0 aromatic heterocycles. The molecule has 1 saturated heterocycles. The van der Waals surface area contributed by atoms with Crippen molar-refractivity contribution < 1.29 is 23.2 Å². The third-order valence-corrected chi connectivity index (χ3v) is 5.14. The molecular formula is C21H30F2N4O3. The van der Waals surface area contributed by atoms with Crippen molar-refractivity contribution in [2.24, 2.45) is 0 Å². The van der Waals surface area contributed by atoms with E-state index in [4.69, 9.17) is 0 Å². The summed E-state index contributed by atoms with van der Waals surface area (Å²) in [5, 5.41) is 5.48. The van der Waals surface area contributed by atoms with Crippen LogP contribution >= 0.6 is 0 Å². The SMILES string of the molecule is CCC(C)NC(=O)CN1CCN(C(=O)CCCNC(=O)c2ccc(F)cc2F)CC1. The van der Waals surface area contributed by atoms with Gasteiger partial charge in [-0.15, -0.1) is 0 Å². The van der Waals surface area contributed by atoms with Gasteiger partial charge in [0.2, 0.25) is 11.8 Å². The highest BCUT2D eigenvalue weighted by molar-refractivity contribution is 5.94. The van der Waals surface area contributed by atoms with E-state index in [2.05, 4.69) is 10.6 Å². The number of halogens is 2. The summed E-state index contributed by atoms with van der Waals surface area (Å²) < 4.78 is 26.5. The van der Waals surface area contributed by atoms with Crippen LogP contribution < -0.4 is 10.6 Å². The summed E-state index contributed by atoms with van der Waals surface area (Å²) in [6.07, 6.45) is 1.57. The lowest BCUT2D eigenvalue weighted by atomic mass is 10.2. The van der Waals surface area contributed by atoms with Crippen LogP contribution in [0.15, 0.2) is 18.2 Å². The Labute approximate surface area is 175 Å². The van der Waals surface area contributed by atoms with Gasteiger partial charge in [0.15, 0.2) is 0 Å². The van der Waals surface area contributed by atoms with Gasteiger partial charge in [-0.25, -0.2) is 8.78 Å². The number of carbonyl (C=O) groups excluding carboxylic acids is 3. The smallest absolute Gasteiger partial charge is 0.254 e. The summed E-state index contributed by atoms with van der Waals surface area (Å²) in [5.41, 5.74) is -0.226. The first-order valence-electron chi connectivity index (χ1n) is 10.3. The number of rotatable bonds is 9. The van der Waals surface area contributed by atoms with Gasteiger partial charge in [-0.1, -0.05) is 6.92 Å². The van der Waals surface area contributed by atoms with Gasteiger partial charge in [-0.05, 0) is 31.9 Å². The van der Waals surface area contributed by atoms with Crippen LogP contribution in [0.25, 0.3) is 0 Å². The normalized spacial score (nSPS) is 15.5. The molecule has 0 radical (unpaired) electrons. The molecule has 1 unspecified atom stereocenters. The average molecular weight is 424 g/mol. The Morgan fingerprint density at radius 3 is 2.47 bits per heavy atom. The molecule has 0 spiro atoms. The van der Waals surface area contributed by atoms with Crippen LogP contribution in [0.2, 0.25) is 0 Å². The van der Waals surface area contributed by atoms with Gasteiger partial charge in [-0.3, -0.25) is 19.3 Å². The van der Waals surface area contributed by atoms with Crippen molar-refractivity contribution in [2.75, 3.05) is 39.3 Å². The highest BCUT2D eigenvalue weighted by Crippen LogP contribution is 2.09. The molecule has 7 nitrogen and oxygen atoms in total. The van der Waals surface area contributed by atoms with Crippen molar-refractivity contribution in [1.82, 2.24) is 20.4 Å². The van der Waals surface area contributed by atoms with Crippen LogP contribution in [-0.2, 0) is 9.59 Å². The molecule has 1 aromatic carbocycles. The van der Waals surface area contributed by atoms with Crippen LogP contribution in [-0.4, -0.2) is 72.8 Å². The second-order valence-corrected chi connectivity index (χ2v) is 7.52. The van der Waals surface area contributed by atoms with Crippen molar-refractivity contribution in [3.8, 4) is 0 Å². The zero-order valence-corrected chi connectivity index (χ0v) is 17.5. The molecule has 1 fully saturated rings. The maximum Gasteiger partial charge on any atom is 0.254 e. The average Bonchev–Trinajstić information content (AvgIpc) is 2.71. The minimum absolute atomic E-state index is 0.00235. The summed E-state index contributed by atoms with van der Waals surface area (Å²) in [6, 6.07) is 2.93. The molecule has 1 aliphatic rings. The molecule has 30 heavy (non-hydrogen) atoms. The zero-order valence-electron chi connectivity index (χ0n) is 17.5. The quantitative estimate of drug-likeness (QED) is 0.589. The first-order chi connectivity index (χ1) is 14.3. The molecule has 0 saturated carbocycles. The lowest BCUT2D eigenvalue weighted by Gasteiger charge is -2.34. The summed E-state index contributed by atoms with van der Waals surface area (Å²) in [7, 11) is 0. The predicted octanol–water partition coefficient (Wildman–Crippen LogP) is 1.53. The number of amides is 3. The van der Waals surface area contributed by atoms with Gasteiger partial charge in [-0.2, -0.15) is 0 Å². The third-order valence-electron chi connectivity index (χ3n) is 5.14. The second kappa shape index (κ2) is 11.6. The number of hydrogen-bond acceptors (Lipinski definition) is 4. The first kappa shape index (κ1) is 23.7. The Hall–Kier alpha value is -2.55. The topological polar surface area (TPSA) is 81.8 Å². The molecule has 2 N–H and O–H groups in total. The fourth-order valence-electron chi connectivity index (χ4n) is 3.15. The highest BCUT2D eigenvalue weighted by Gasteiger charge is 2.22. The molecular weight excluding hydrogens is 394 g/mol. The van der Waals surface area contributed by atoms with E-state index in [0.717, 1.165) is 18.6 Å². The van der Waals surface area contributed by atoms with E-state index in [9.17, 15) is 23.2 Å². The van der Waals surface area contributed by atoms with Gasteiger partial charge in [0, 0.05) is 51.3 Å². The molecule has 1 aromatic rings. The van der Waals surface area contributed by atoms with Crippen LogP contribution in [0.3, 0.4) is 0 Å². The van der Waals surface area contributed by atoms with Crippen molar-refractivity contribution >= 4 is 17.7 Å². The Balaban J connectivity index is 1.64. The van der Waals surface area contributed by atoms with E-state index in [0.29, 0.717) is 45.2 Å². The molecule has 1 aliphatic heterocycles. The second-order valence-electron chi connectivity index (χ2n) is 7.52. The molecule has 2 rings (SSSR count). The van der Waals surface area contributed by atoms with Crippen LogP contribution in [0, 0.1) is 11.6 Å². The Bertz CT molecular complexity index is 752. The first-order valence-corrected chi connectivity index (χ1v) is 10.3. The van der Waals surface area contributed by atoms with Crippen molar-refractivity contribution in [2.45, 2.75) is 39.2 Å². The maximum absolute atomic E-state index is 13.6. The van der Waals surface area contributed by atoms with Crippen LogP contribution in [0.5, 0.6) is 0 Å². The maximum atomic E-state index is 13.6. The molecule has 166 valence electrons. The zero-order chi connectivity index (χ0) is 22.1. The van der Waals surface area contributed by atoms with Crippen LogP contribution in [0.1, 0.15) is 43.5 Å². The summed E-state index contributed by atoms with van der Waals surface area (Å²) in [5.74, 6) is -2.31. The van der Waals surface area contributed by atoms with Gasteiger partial charge < -0.3 is 15.5 Å². The lowest BCUT2D eigenvalue weighted by molar-refractivity contribution is -0.133. The van der Waals surface area contributed by atoms with E-state index in [-0.39, 0.29) is 36.4 Å². The van der Waals surface area contributed by atoms with Gasteiger partial charge in [0.05, 0.1) is 12.1 Å². The highest BCUT2D eigenvalue weighted by atomic mass is 19.1. The predicted molar refractivity (Wildman–Crippen MR) is 109 cm³/mol. The van der Waals surface area contributed by atoms with E-state index >= 15 is 0 Å². The number of piperazine rings is 1. The minimum atomic E-state index is -0.917. The van der Waals surface area contributed by atoms with E-state index in [1.807, 2.05) is 18.7 Å². The standard InChI is InChI=1S/C21H30F2N4O3/c1-3-15(2)25-19(28)14-26-9-11-27(12-10-26)20(29)5-4-8-24-21(30)17-7-6-16(22)13-18(17)23/h6-7,13,15H,3-5,8-12,14H2,1-2H3,(H,24,30)(H,25,28). The third kappa shape index (κ3) is 7.37. The monoisotopic (exact) mass is 424 g/mol. The van der Waals surface area contributed by atoms with Gasteiger partial charge in [0.1, 0.15) is 11.6 Å². The fourth-order valence-corrected chi connectivity index (χ4v) is 3.15. The summed E-state index contributed by atoms with van der Waals surface area (Å²) in [6.45, 7) is 6.93. The Morgan fingerprint density at radius 2 is 1.83 bits per heavy atom. The molecule has 0 bridgehead atoms. The lowest BCUT2D eigenvalue weighted by Crippen LogP contribution is -2.51. The van der Waals surface area contributed by atoms with E-state index in [1.54, 1.807) is 4.90 Å². The fraction of sp³-hybridized carbons (Fsp3) is 0.571. The van der Waals surface area contributed by atoms with Crippen LogP contribution in [0.4, 0.5) is 8.78 Å². The number of nitrogens with zero attached hydrogens (tertiary/aromatic N) is 2. The number of hydrogen-bond donors (Lipinski definition) is 2. The molecule has 0 aliphatic carbocycles. The van der Waals surface area contributed by atoms with E-state index in [1.165, 1.54) is 0 Å². The van der Waals surface area contributed by atoms with Gasteiger partial charge >= 0.3 is 0 Å². The molecule has 1 atom stereocenters.